The van der Waals surface area contributed by atoms with Gasteiger partial charge in [-0.1, -0.05) is 24.3 Å². The molecule has 2 atom stereocenters. The largest absolute Gasteiger partial charge is 0.493 e. The van der Waals surface area contributed by atoms with Crippen molar-refractivity contribution < 1.29 is 33.3 Å². The number of hydrogen-bond donors (Lipinski definition) is 2. The summed E-state index contributed by atoms with van der Waals surface area (Å²) in [6, 6.07) is 19.6. The van der Waals surface area contributed by atoms with Gasteiger partial charge in [0.25, 0.3) is 17.7 Å². The molecule has 1 aliphatic carbocycles. The Kier molecular flexibility index (Phi) is 8.65. The first kappa shape index (κ1) is 29.9. The van der Waals surface area contributed by atoms with E-state index < -0.39 is 12.1 Å². The monoisotopic (exact) mass is 626 g/mol. The number of rotatable bonds is 5. The maximum Gasteiger partial charge on any atom is 0.258 e. The number of nitrogens with one attached hydrogen (secondary N) is 2. The van der Waals surface area contributed by atoms with Crippen molar-refractivity contribution in [2.45, 2.75) is 31.5 Å². The molecule has 3 aromatic carbocycles. The molecule has 4 bridgehead atoms. The summed E-state index contributed by atoms with van der Waals surface area (Å²) in [6.45, 7) is 3.89. The van der Waals surface area contributed by atoms with Crippen LogP contribution in [0.3, 0.4) is 0 Å². The van der Waals surface area contributed by atoms with E-state index in [0.29, 0.717) is 73.7 Å². The van der Waals surface area contributed by atoms with Crippen LogP contribution >= 0.6 is 0 Å². The molecule has 11 heteroatoms. The highest BCUT2D eigenvalue weighted by molar-refractivity contribution is 6.00. The fraction of sp³-hybridized carbons (Fsp3) is 0.400. The third-order valence-corrected chi connectivity index (χ3v) is 8.75. The zero-order valence-corrected chi connectivity index (χ0v) is 25.6. The first-order chi connectivity index (χ1) is 22.5. The van der Waals surface area contributed by atoms with Gasteiger partial charge in [-0.2, -0.15) is 0 Å². The van der Waals surface area contributed by atoms with Gasteiger partial charge in [0.15, 0.2) is 6.61 Å². The van der Waals surface area contributed by atoms with Crippen LogP contribution < -0.4 is 29.7 Å². The maximum atomic E-state index is 14.1. The number of likely N-dealkylation sites (tertiary alicyclic amines) is 1. The highest BCUT2D eigenvalue weighted by Crippen LogP contribution is 2.31. The van der Waals surface area contributed by atoms with Crippen LogP contribution in [0, 0.1) is 5.92 Å². The molecule has 5 aliphatic rings. The minimum Gasteiger partial charge on any atom is -0.493 e. The molecule has 11 nitrogen and oxygen atoms in total. The second-order valence-corrected chi connectivity index (χ2v) is 12.2. The number of para-hydroxylation sites is 1. The first-order valence-corrected chi connectivity index (χ1v) is 15.9. The summed E-state index contributed by atoms with van der Waals surface area (Å²) < 4.78 is 23.8. The van der Waals surface area contributed by atoms with Gasteiger partial charge in [0.1, 0.15) is 23.4 Å². The van der Waals surface area contributed by atoms with E-state index in [2.05, 4.69) is 15.5 Å². The number of benzene rings is 3. The van der Waals surface area contributed by atoms with Gasteiger partial charge in [-0.3, -0.25) is 14.4 Å². The normalized spacial score (nSPS) is 21.7. The lowest BCUT2D eigenvalue weighted by Gasteiger charge is -2.31. The van der Waals surface area contributed by atoms with Gasteiger partial charge >= 0.3 is 0 Å². The van der Waals surface area contributed by atoms with Crippen LogP contribution in [0.4, 0.5) is 5.69 Å². The Morgan fingerprint density at radius 3 is 2.54 bits per heavy atom. The van der Waals surface area contributed by atoms with Crippen molar-refractivity contribution in [3.8, 4) is 17.2 Å². The van der Waals surface area contributed by atoms with Crippen LogP contribution in [0.1, 0.15) is 39.1 Å². The SMILES string of the molecule is O=C1COc2cc(OCC3CC3)cc(c2)C(=O)N[C@H]2CN(C(=O)c3ccccc3N3CCOCC3)C[C@@H]2Oc2ccc(cc2)CN1. The second kappa shape index (κ2) is 13.3. The minimum absolute atomic E-state index is 0.119. The van der Waals surface area contributed by atoms with Crippen molar-refractivity contribution in [2.24, 2.45) is 5.92 Å². The summed E-state index contributed by atoms with van der Waals surface area (Å²) in [5.74, 6) is 1.23. The molecule has 0 unspecified atom stereocenters. The van der Waals surface area contributed by atoms with E-state index >= 15 is 0 Å². The second-order valence-electron chi connectivity index (χ2n) is 12.2. The summed E-state index contributed by atoms with van der Waals surface area (Å²) in [6.07, 6.45) is 1.75. The van der Waals surface area contributed by atoms with Crippen molar-refractivity contribution in [1.82, 2.24) is 15.5 Å². The first-order valence-electron chi connectivity index (χ1n) is 15.9. The molecule has 3 aromatic rings. The zero-order chi connectivity index (χ0) is 31.5. The van der Waals surface area contributed by atoms with Gasteiger partial charge in [-0.05, 0) is 60.7 Å². The molecule has 0 aromatic heterocycles. The molecule has 4 aliphatic heterocycles. The van der Waals surface area contributed by atoms with Crippen molar-refractivity contribution >= 4 is 23.4 Å². The fourth-order valence-electron chi connectivity index (χ4n) is 5.98. The van der Waals surface area contributed by atoms with Crippen LogP contribution in [-0.4, -0.2) is 87.4 Å². The van der Waals surface area contributed by atoms with Gasteiger partial charge in [-0.15, -0.1) is 0 Å². The van der Waals surface area contributed by atoms with E-state index in [1.165, 1.54) is 0 Å². The quantitative estimate of drug-likeness (QED) is 0.444. The predicted molar refractivity (Wildman–Crippen MR) is 169 cm³/mol. The lowest BCUT2D eigenvalue weighted by atomic mass is 10.1. The van der Waals surface area contributed by atoms with Gasteiger partial charge in [0, 0.05) is 43.5 Å². The summed E-state index contributed by atoms with van der Waals surface area (Å²) in [5, 5.41) is 5.99. The number of anilines is 1. The van der Waals surface area contributed by atoms with E-state index in [1.807, 2.05) is 48.5 Å². The fourth-order valence-corrected chi connectivity index (χ4v) is 5.98. The third kappa shape index (κ3) is 7.04. The van der Waals surface area contributed by atoms with E-state index in [-0.39, 0.29) is 37.4 Å². The molecule has 1 saturated carbocycles. The number of hydrogen-bond acceptors (Lipinski definition) is 8. The molecule has 4 heterocycles. The molecule has 240 valence electrons. The average Bonchev–Trinajstić information content (AvgIpc) is 3.85. The van der Waals surface area contributed by atoms with E-state index in [1.54, 1.807) is 23.1 Å². The van der Waals surface area contributed by atoms with Gasteiger partial charge in [0.2, 0.25) is 0 Å². The number of nitrogens with zero attached hydrogens (tertiary/aromatic N) is 2. The Morgan fingerprint density at radius 1 is 0.935 bits per heavy atom. The summed E-state index contributed by atoms with van der Waals surface area (Å²) in [7, 11) is 0. The van der Waals surface area contributed by atoms with E-state index in [4.69, 9.17) is 18.9 Å². The molecule has 8 rings (SSSR count). The van der Waals surface area contributed by atoms with Crippen LogP contribution in [0.5, 0.6) is 17.2 Å². The lowest BCUT2D eigenvalue weighted by molar-refractivity contribution is -0.123. The third-order valence-electron chi connectivity index (χ3n) is 8.75. The van der Waals surface area contributed by atoms with Crippen molar-refractivity contribution in [3.05, 3.63) is 83.4 Å². The summed E-state index contributed by atoms with van der Waals surface area (Å²) >= 11 is 0. The molecule has 3 amide bonds. The van der Waals surface area contributed by atoms with Crippen molar-refractivity contribution in [3.63, 3.8) is 0 Å². The Hall–Kier alpha value is -4.77. The number of fused-ring (bicyclic) bond motifs is 7. The highest BCUT2D eigenvalue weighted by atomic mass is 16.5. The minimum atomic E-state index is -0.505. The van der Waals surface area contributed by atoms with Crippen molar-refractivity contribution in [2.75, 3.05) is 57.5 Å². The number of carbonyl (C=O) groups is 3. The van der Waals surface area contributed by atoms with Gasteiger partial charge in [0.05, 0.1) is 38.0 Å². The molecular formula is C35H38N4O7. The zero-order valence-electron chi connectivity index (χ0n) is 25.6. The Bertz CT molecular complexity index is 1590. The Balaban J connectivity index is 1.17. The number of ether oxygens (including phenoxy) is 4. The highest BCUT2D eigenvalue weighted by Gasteiger charge is 2.39. The predicted octanol–water partition coefficient (Wildman–Crippen LogP) is 3.02. The summed E-state index contributed by atoms with van der Waals surface area (Å²) in [4.78, 5) is 44.3. The summed E-state index contributed by atoms with van der Waals surface area (Å²) in [5.41, 5.74) is 2.72. The van der Waals surface area contributed by atoms with Gasteiger partial charge in [-0.25, -0.2) is 0 Å². The molecule has 2 N–H and O–H groups in total. The number of amides is 3. The molecule has 2 saturated heterocycles. The molecule has 3 fully saturated rings. The molecule has 46 heavy (non-hydrogen) atoms. The number of morpholine rings is 1. The average molecular weight is 627 g/mol. The van der Waals surface area contributed by atoms with Crippen molar-refractivity contribution in [1.29, 1.82) is 0 Å². The Morgan fingerprint density at radius 2 is 1.74 bits per heavy atom. The lowest BCUT2D eigenvalue weighted by Crippen LogP contribution is -2.45. The van der Waals surface area contributed by atoms with Crippen LogP contribution in [0.2, 0.25) is 0 Å². The van der Waals surface area contributed by atoms with Crippen LogP contribution in [0.25, 0.3) is 0 Å². The smallest absolute Gasteiger partial charge is 0.258 e. The maximum absolute atomic E-state index is 14.1. The van der Waals surface area contributed by atoms with Crippen LogP contribution in [0.15, 0.2) is 66.7 Å². The topological polar surface area (TPSA) is 119 Å². The standard InChI is InChI=1S/C35H38N4O7/c40-33-22-45-28-16-25(15-27(17-28)44-21-24-5-6-24)34(41)37-30-19-39(20-32(30)46-26-9-7-23(8-10-26)18-36-33)35(42)29-3-1-2-4-31(29)38-11-13-43-14-12-38/h1-4,7-10,15-17,24,30,32H,5-6,11-14,18-22H2,(H,36,40)(H,37,41)/t30-,32-/m0/s1. The number of carbonyl (C=O) groups excluding carboxylic acids is 3. The molecular weight excluding hydrogens is 588 g/mol. The van der Waals surface area contributed by atoms with Crippen LogP contribution in [-0.2, 0) is 16.1 Å². The molecule has 0 spiro atoms. The Labute approximate surface area is 267 Å². The van der Waals surface area contributed by atoms with E-state index in [9.17, 15) is 14.4 Å². The molecule has 0 radical (unpaired) electrons. The van der Waals surface area contributed by atoms with E-state index in [0.717, 1.165) is 24.1 Å². The van der Waals surface area contributed by atoms with Gasteiger partial charge < -0.3 is 39.4 Å².